The second-order valence-corrected chi connectivity index (χ2v) is 6.30. The first-order valence-corrected chi connectivity index (χ1v) is 7.87. The highest BCUT2D eigenvalue weighted by molar-refractivity contribution is 14.1. The molecule has 5 heteroatoms. The molecule has 0 bridgehead atoms. The van der Waals surface area contributed by atoms with E-state index in [1.165, 1.54) is 0 Å². The Morgan fingerprint density at radius 1 is 1.10 bits per heavy atom. The molecule has 2 aromatic carbocycles. The van der Waals surface area contributed by atoms with Gasteiger partial charge in [0.15, 0.2) is 0 Å². The first-order chi connectivity index (χ1) is 9.56. The standard InChI is InChI=1S/C15H12Cl2INO/c16-11-3-1-2-10(8-11)6-7-19-15(20)13-9-12(17)4-5-14(13)18/h1-5,8-9H,6-7H2,(H,19,20). The van der Waals surface area contributed by atoms with Gasteiger partial charge >= 0.3 is 0 Å². The molecule has 0 aliphatic carbocycles. The van der Waals surface area contributed by atoms with E-state index < -0.39 is 0 Å². The smallest absolute Gasteiger partial charge is 0.252 e. The van der Waals surface area contributed by atoms with Crippen LogP contribution in [-0.2, 0) is 6.42 Å². The average molecular weight is 420 g/mol. The first-order valence-electron chi connectivity index (χ1n) is 6.04. The largest absolute Gasteiger partial charge is 0.352 e. The molecule has 0 aliphatic rings. The molecule has 20 heavy (non-hydrogen) atoms. The minimum atomic E-state index is -0.112. The molecule has 0 aliphatic heterocycles. The third kappa shape index (κ3) is 4.36. The summed E-state index contributed by atoms with van der Waals surface area (Å²) in [5.41, 5.74) is 1.70. The number of carbonyl (C=O) groups is 1. The van der Waals surface area contributed by atoms with Crippen LogP contribution in [0.3, 0.4) is 0 Å². The van der Waals surface area contributed by atoms with Crippen LogP contribution in [0.5, 0.6) is 0 Å². The van der Waals surface area contributed by atoms with Crippen molar-refractivity contribution in [2.45, 2.75) is 6.42 Å². The topological polar surface area (TPSA) is 29.1 Å². The summed E-state index contributed by atoms with van der Waals surface area (Å²) < 4.78 is 0.882. The fourth-order valence-corrected chi connectivity index (χ4v) is 2.74. The lowest BCUT2D eigenvalue weighted by molar-refractivity contribution is 0.0953. The van der Waals surface area contributed by atoms with Crippen LogP contribution in [-0.4, -0.2) is 12.5 Å². The Bertz CT molecular complexity index is 631. The van der Waals surface area contributed by atoms with Crippen molar-refractivity contribution in [2.24, 2.45) is 0 Å². The lowest BCUT2D eigenvalue weighted by Gasteiger charge is -2.07. The molecule has 0 spiro atoms. The van der Waals surface area contributed by atoms with Gasteiger partial charge in [0.2, 0.25) is 0 Å². The molecule has 2 nitrogen and oxygen atoms in total. The van der Waals surface area contributed by atoms with Crippen molar-refractivity contribution in [3.05, 3.63) is 67.2 Å². The van der Waals surface area contributed by atoms with E-state index in [4.69, 9.17) is 23.2 Å². The van der Waals surface area contributed by atoms with Crippen LogP contribution < -0.4 is 5.32 Å². The normalized spacial score (nSPS) is 10.3. The van der Waals surface area contributed by atoms with Gasteiger partial charge in [-0.15, -0.1) is 0 Å². The molecule has 0 heterocycles. The SMILES string of the molecule is O=C(NCCc1cccc(Cl)c1)c1cc(Cl)ccc1I. The predicted octanol–water partition coefficient (Wildman–Crippen LogP) is 4.57. The highest BCUT2D eigenvalue weighted by Crippen LogP contribution is 2.18. The number of nitrogens with one attached hydrogen (secondary N) is 1. The molecule has 0 saturated heterocycles. The zero-order valence-electron chi connectivity index (χ0n) is 10.5. The fourth-order valence-electron chi connectivity index (χ4n) is 1.78. The summed E-state index contributed by atoms with van der Waals surface area (Å²) in [5, 5.41) is 4.16. The minimum Gasteiger partial charge on any atom is -0.352 e. The molecule has 0 saturated carbocycles. The summed E-state index contributed by atoms with van der Waals surface area (Å²) in [6, 6.07) is 12.9. The van der Waals surface area contributed by atoms with Gasteiger partial charge in [0.1, 0.15) is 0 Å². The van der Waals surface area contributed by atoms with Gasteiger partial charge in [0.05, 0.1) is 5.56 Å². The van der Waals surface area contributed by atoms with Gasteiger partial charge in [-0.2, -0.15) is 0 Å². The van der Waals surface area contributed by atoms with Crippen molar-refractivity contribution in [3.63, 3.8) is 0 Å². The lowest BCUT2D eigenvalue weighted by atomic mass is 10.1. The molecular formula is C15H12Cl2INO. The zero-order chi connectivity index (χ0) is 14.5. The Kier molecular flexibility index (Phi) is 5.69. The predicted molar refractivity (Wildman–Crippen MR) is 91.7 cm³/mol. The number of amides is 1. The zero-order valence-corrected chi connectivity index (χ0v) is 14.2. The summed E-state index contributed by atoms with van der Waals surface area (Å²) in [7, 11) is 0. The van der Waals surface area contributed by atoms with E-state index >= 15 is 0 Å². The molecule has 1 amide bonds. The van der Waals surface area contributed by atoms with Gasteiger partial charge in [0, 0.05) is 20.2 Å². The minimum absolute atomic E-state index is 0.112. The maximum atomic E-state index is 12.1. The number of halogens is 3. The van der Waals surface area contributed by atoms with E-state index in [0.29, 0.717) is 22.2 Å². The molecule has 0 atom stereocenters. The summed E-state index contributed by atoms with van der Waals surface area (Å²) in [6.45, 7) is 0.557. The monoisotopic (exact) mass is 419 g/mol. The molecule has 1 N–H and O–H groups in total. The van der Waals surface area contributed by atoms with Crippen LogP contribution in [0.1, 0.15) is 15.9 Å². The third-order valence-electron chi connectivity index (χ3n) is 2.76. The molecule has 2 aromatic rings. The maximum Gasteiger partial charge on any atom is 0.252 e. The van der Waals surface area contributed by atoms with Crippen LogP contribution in [0.4, 0.5) is 0 Å². The van der Waals surface area contributed by atoms with Crippen molar-refractivity contribution in [1.29, 1.82) is 0 Å². The molecule has 0 radical (unpaired) electrons. The summed E-state index contributed by atoms with van der Waals surface area (Å²) in [6.07, 6.45) is 0.740. The Hall–Kier alpha value is -0.780. The van der Waals surface area contributed by atoms with E-state index in [1.807, 2.05) is 30.3 Å². The van der Waals surface area contributed by atoms with Crippen molar-refractivity contribution in [3.8, 4) is 0 Å². The van der Waals surface area contributed by atoms with E-state index in [-0.39, 0.29) is 5.91 Å². The Morgan fingerprint density at radius 3 is 2.60 bits per heavy atom. The number of benzene rings is 2. The first kappa shape index (κ1) is 15.6. The van der Waals surface area contributed by atoms with Crippen molar-refractivity contribution in [2.75, 3.05) is 6.54 Å². The van der Waals surface area contributed by atoms with Crippen LogP contribution in [0.2, 0.25) is 10.0 Å². The van der Waals surface area contributed by atoms with E-state index in [1.54, 1.807) is 12.1 Å². The van der Waals surface area contributed by atoms with Crippen molar-refractivity contribution in [1.82, 2.24) is 5.32 Å². The van der Waals surface area contributed by atoms with Gasteiger partial charge < -0.3 is 5.32 Å². The summed E-state index contributed by atoms with van der Waals surface area (Å²) >= 11 is 14.0. The number of hydrogen-bond acceptors (Lipinski definition) is 1. The van der Waals surface area contributed by atoms with Gasteiger partial charge in [-0.05, 0) is 64.9 Å². The van der Waals surface area contributed by atoms with Gasteiger partial charge in [-0.25, -0.2) is 0 Å². The molecule has 0 aromatic heterocycles. The highest BCUT2D eigenvalue weighted by atomic mass is 127. The third-order valence-corrected chi connectivity index (χ3v) is 4.17. The maximum absolute atomic E-state index is 12.1. The second-order valence-electron chi connectivity index (χ2n) is 4.26. The van der Waals surface area contributed by atoms with Crippen LogP contribution >= 0.6 is 45.8 Å². The Morgan fingerprint density at radius 2 is 1.85 bits per heavy atom. The average Bonchev–Trinajstić information content (AvgIpc) is 2.41. The summed E-state index contributed by atoms with van der Waals surface area (Å²) in [5.74, 6) is -0.112. The van der Waals surface area contributed by atoms with Gasteiger partial charge in [-0.1, -0.05) is 35.3 Å². The molecule has 0 fully saturated rings. The highest BCUT2D eigenvalue weighted by Gasteiger charge is 2.09. The Labute approximate surface area is 141 Å². The summed E-state index contributed by atoms with van der Waals surface area (Å²) in [4.78, 5) is 12.1. The van der Waals surface area contributed by atoms with E-state index in [9.17, 15) is 4.79 Å². The van der Waals surface area contributed by atoms with E-state index in [0.717, 1.165) is 15.6 Å². The number of hydrogen-bond donors (Lipinski definition) is 1. The lowest BCUT2D eigenvalue weighted by Crippen LogP contribution is -2.26. The molecule has 2 rings (SSSR count). The van der Waals surface area contributed by atoms with Crippen LogP contribution in [0.25, 0.3) is 0 Å². The van der Waals surface area contributed by atoms with Gasteiger partial charge in [0.25, 0.3) is 5.91 Å². The fraction of sp³-hybridized carbons (Fsp3) is 0.133. The molecule has 0 unspecified atom stereocenters. The number of rotatable bonds is 4. The van der Waals surface area contributed by atoms with Crippen molar-refractivity contribution >= 4 is 51.7 Å². The van der Waals surface area contributed by atoms with Crippen LogP contribution in [0.15, 0.2) is 42.5 Å². The van der Waals surface area contributed by atoms with Crippen molar-refractivity contribution < 1.29 is 4.79 Å². The Balaban J connectivity index is 1.94. The molecule has 104 valence electrons. The molecular weight excluding hydrogens is 408 g/mol. The van der Waals surface area contributed by atoms with E-state index in [2.05, 4.69) is 27.9 Å². The van der Waals surface area contributed by atoms with Crippen LogP contribution in [0, 0.1) is 3.57 Å². The number of carbonyl (C=O) groups excluding carboxylic acids is 1. The quantitative estimate of drug-likeness (QED) is 0.722. The second kappa shape index (κ2) is 7.29. The van der Waals surface area contributed by atoms with Gasteiger partial charge in [-0.3, -0.25) is 4.79 Å².